The number of hydrogen-bond acceptors (Lipinski definition) is 6. The lowest BCUT2D eigenvalue weighted by Crippen LogP contribution is -2.42. The Kier molecular flexibility index (Phi) is 7.98. The molecule has 1 aromatic heterocycles. The molecule has 0 saturated carbocycles. The fourth-order valence-electron chi connectivity index (χ4n) is 5.45. The highest BCUT2D eigenvalue weighted by Gasteiger charge is 2.32. The number of aliphatic carboxylic acids is 1. The van der Waals surface area contributed by atoms with E-state index in [1.54, 1.807) is 11.3 Å². The molecule has 2 unspecified atom stereocenters. The van der Waals surface area contributed by atoms with Gasteiger partial charge in [0.2, 0.25) is 0 Å². The van der Waals surface area contributed by atoms with Crippen LogP contribution in [0.5, 0.6) is 5.75 Å². The molecule has 2 aromatic carbocycles. The van der Waals surface area contributed by atoms with Crippen molar-refractivity contribution in [1.29, 1.82) is 0 Å². The number of carboxylic acids is 1. The number of carbonyl (C=O) groups excluding carboxylic acids is 1. The lowest BCUT2D eigenvalue weighted by molar-refractivity contribution is -0.144. The highest BCUT2D eigenvalue weighted by Crippen LogP contribution is 2.36. The van der Waals surface area contributed by atoms with Crippen LogP contribution in [-0.4, -0.2) is 53.0 Å². The normalized spacial score (nSPS) is 19.8. The van der Waals surface area contributed by atoms with E-state index < -0.39 is 5.97 Å². The van der Waals surface area contributed by atoms with Crippen molar-refractivity contribution in [1.82, 2.24) is 9.88 Å². The quantitative estimate of drug-likeness (QED) is 0.409. The fraction of sp³-hybridized carbons (Fsp3) is 0.433. The van der Waals surface area contributed by atoms with Gasteiger partial charge in [-0.05, 0) is 73.9 Å². The monoisotopic (exact) mass is 533 g/mol. The van der Waals surface area contributed by atoms with Crippen molar-refractivity contribution >= 4 is 28.3 Å². The second-order valence-electron chi connectivity index (χ2n) is 10.5. The second-order valence-corrected chi connectivity index (χ2v) is 11.3. The molecule has 1 amide bonds. The van der Waals surface area contributed by atoms with Gasteiger partial charge >= 0.3 is 5.97 Å². The lowest BCUT2D eigenvalue weighted by atomic mass is 9.87. The number of thiazole rings is 1. The number of likely N-dealkylation sites (tertiary alicyclic amines) is 1. The summed E-state index contributed by atoms with van der Waals surface area (Å²) in [5.74, 6) is -0.0440. The molecule has 200 valence electrons. The summed E-state index contributed by atoms with van der Waals surface area (Å²) >= 11 is 1.58. The van der Waals surface area contributed by atoms with E-state index in [4.69, 9.17) is 9.72 Å². The summed E-state index contributed by atoms with van der Waals surface area (Å²) in [5, 5.41) is 12.4. The molecule has 0 spiro atoms. The smallest absolute Gasteiger partial charge is 0.306 e. The first-order valence-corrected chi connectivity index (χ1v) is 14.3. The maximum Gasteiger partial charge on any atom is 0.306 e. The topological polar surface area (TPSA) is 83.0 Å². The zero-order valence-electron chi connectivity index (χ0n) is 22.1. The minimum absolute atomic E-state index is 0.0778. The highest BCUT2D eigenvalue weighted by molar-refractivity contribution is 7.14. The summed E-state index contributed by atoms with van der Waals surface area (Å²) < 4.78 is 6.28. The number of ether oxygens (including phenoxy) is 1. The Bertz CT molecular complexity index is 1300. The van der Waals surface area contributed by atoms with E-state index in [1.165, 1.54) is 6.42 Å². The van der Waals surface area contributed by atoms with Crippen molar-refractivity contribution in [3.63, 3.8) is 0 Å². The van der Waals surface area contributed by atoms with Crippen molar-refractivity contribution < 1.29 is 19.4 Å². The largest absolute Gasteiger partial charge is 0.488 e. The lowest BCUT2D eigenvalue weighted by Gasteiger charge is -2.34. The van der Waals surface area contributed by atoms with Crippen molar-refractivity contribution in [2.24, 2.45) is 11.8 Å². The van der Waals surface area contributed by atoms with E-state index in [9.17, 15) is 14.7 Å². The van der Waals surface area contributed by atoms with E-state index in [0.29, 0.717) is 26.1 Å². The molecule has 1 N–H and O–H groups in total. The first-order valence-electron chi connectivity index (χ1n) is 13.4. The maximum atomic E-state index is 12.9. The van der Waals surface area contributed by atoms with Crippen molar-refractivity contribution in [2.75, 3.05) is 31.1 Å². The van der Waals surface area contributed by atoms with Crippen LogP contribution in [-0.2, 0) is 11.4 Å². The van der Waals surface area contributed by atoms with Crippen LogP contribution >= 0.6 is 11.3 Å². The number of piperidine rings is 2. The van der Waals surface area contributed by atoms with Crippen LogP contribution in [0.15, 0.2) is 47.8 Å². The Morgan fingerprint density at radius 2 is 1.89 bits per heavy atom. The van der Waals surface area contributed by atoms with Crippen molar-refractivity contribution in [2.45, 2.75) is 46.1 Å². The van der Waals surface area contributed by atoms with Gasteiger partial charge in [0.25, 0.3) is 5.91 Å². The third kappa shape index (κ3) is 5.70. The molecule has 7 nitrogen and oxygen atoms in total. The first kappa shape index (κ1) is 26.2. The predicted molar refractivity (Wildman–Crippen MR) is 150 cm³/mol. The minimum Gasteiger partial charge on any atom is -0.488 e. The van der Waals surface area contributed by atoms with Crippen LogP contribution in [0.3, 0.4) is 0 Å². The molecule has 2 aliphatic rings. The Hall–Kier alpha value is -3.39. The van der Waals surface area contributed by atoms with E-state index in [2.05, 4.69) is 4.90 Å². The molecule has 2 aliphatic heterocycles. The Labute approximate surface area is 228 Å². The number of anilines is 1. The summed E-state index contributed by atoms with van der Waals surface area (Å²) in [6, 6.07) is 13.8. The molecule has 38 heavy (non-hydrogen) atoms. The summed E-state index contributed by atoms with van der Waals surface area (Å²) in [5.41, 5.74) is 4.61. The van der Waals surface area contributed by atoms with Gasteiger partial charge in [-0.25, -0.2) is 4.98 Å². The summed E-state index contributed by atoms with van der Waals surface area (Å²) in [6.07, 6.45) is 4.00. The molecule has 0 bridgehead atoms. The zero-order chi connectivity index (χ0) is 26.6. The number of carboxylic acid groups (broad SMARTS) is 1. The van der Waals surface area contributed by atoms with Crippen LogP contribution in [0.2, 0.25) is 0 Å². The number of para-hydroxylation sites is 1. The third-order valence-corrected chi connectivity index (χ3v) is 8.67. The van der Waals surface area contributed by atoms with Gasteiger partial charge in [-0.3, -0.25) is 9.59 Å². The maximum absolute atomic E-state index is 12.9. The Morgan fingerprint density at radius 1 is 1.11 bits per heavy atom. The summed E-state index contributed by atoms with van der Waals surface area (Å²) in [4.78, 5) is 33.4. The van der Waals surface area contributed by atoms with E-state index >= 15 is 0 Å². The molecule has 2 saturated heterocycles. The fourth-order valence-corrected chi connectivity index (χ4v) is 6.31. The van der Waals surface area contributed by atoms with Gasteiger partial charge in [0.1, 0.15) is 12.4 Å². The van der Waals surface area contributed by atoms with Gasteiger partial charge < -0.3 is 19.6 Å². The number of rotatable bonds is 7. The molecule has 2 fully saturated rings. The molecular formula is C30H35N3O4S. The van der Waals surface area contributed by atoms with Crippen molar-refractivity contribution in [3.05, 3.63) is 64.5 Å². The SMILES string of the molecule is Cc1cc(C(=O)N2CCCCC2)ccc1COc1ccccc1-c1csc(N2CCC(C(=O)O)C(C)C2)n1. The van der Waals surface area contributed by atoms with Gasteiger partial charge in [-0.1, -0.05) is 25.1 Å². The zero-order valence-corrected chi connectivity index (χ0v) is 22.9. The minimum atomic E-state index is -0.707. The molecule has 3 heterocycles. The number of hydrogen-bond donors (Lipinski definition) is 1. The number of carbonyl (C=O) groups is 2. The molecule has 2 atom stereocenters. The van der Waals surface area contributed by atoms with Crippen LogP contribution < -0.4 is 9.64 Å². The van der Waals surface area contributed by atoms with E-state index in [1.807, 2.05) is 66.6 Å². The molecule has 5 rings (SSSR count). The molecule has 8 heteroatoms. The molecule has 3 aromatic rings. The first-order chi connectivity index (χ1) is 18.4. The number of benzene rings is 2. The predicted octanol–water partition coefficient (Wildman–Crippen LogP) is 5.87. The van der Waals surface area contributed by atoms with Crippen LogP contribution in [0, 0.1) is 18.8 Å². The van der Waals surface area contributed by atoms with E-state index in [-0.39, 0.29) is 17.7 Å². The van der Waals surface area contributed by atoms with E-state index in [0.717, 1.165) is 64.8 Å². The Balaban J connectivity index is 1.26. The molecular weight excluding hydrogens is 498 g/mol. The summed E-state index contributed by atoms with van der Waals surface area (Å²) in [6.45, 7) is 7.51. The number of nitrogens with zero attached hydrogens (tertiary/aromatic N) is 3. The number of aryl methyl sites for hydroxylation is 1. The van der Waals surface area contributed by atoms with Crippen LogP contribution in [0.25, 0.3) is 11.3 Å². The molecule has 0 aliphatic carbocycles. The van der Waals surface area contributed by atoms with Gasteiger partial charge in [0, 0.05) is 42.7 Å². The second kappa shape index (κ2) is 11.6. The van der Waals surface area contributed by atoms with Gasteiger partial charge in [0.05, 0.1) is 11.6 Å². The highest BCUT2D eigenvalue weighted by atomic mass is 32.1. The van der Waals surface area contributed by atoms with Gasteiger partial charge in [-0.15, -0.1) is 11.3 Å². The number of aromatic nitrogens is 1. The number of amides is 1. The van der Waals surface area contributed by atoms with Crippen LogP contribution in [0.1, 0.15) is 54.1 Å². The standard InChI is InChI=1S/C30H35N3O4S/c1-20-16-22(28(34)32-13-6-3-7-14-32)10-11-23(20)18-37-27-9-5-4-8-25(27)26-19-38-30(31-26)33-15-12-24(29(35)36)21(2)17-33/h4-5,8-11,16,19,21,24H,3,6-7,12-15,17-18H2,1-2H3,(H,35,36). The van der Waals surface area contributed by atoms with Crippen molar-refractivity contribution in [3.8, 4) is 17.0 Å². The summed E-state index contributed by atoms with van der Waals surface area (Å²) in [7, 11) is 0. The Morgan fingerprint density at radius 3 is 2.63 bits per heavy atom. The van der Waals surface area contributed by atoms with Crippen LogP contribution in [0.4, 0.5) is 5.13 Å². The average molecular weight is 534 g/mol. The third-order valence-electron chi connectivity index (χ3n) is 7.76. The molecule has 0 radical (unpaired) electrons. The van der Waals surface area contributed by atoms with Gasteiger partial charge in [-0.2, -0.15) is 0 Å². The van der Waals surface area contributed by atoms with Gasteiger partial charge in [0.15, 0.2) is 5.13 Å². The average Bonchev–Trinajstić information content (AvgIpc) is 3.42.